The number of carbonyl (C=O) groups excluding carboxylic acids is 2. The number of nitrogens with one attached hydrogen (secondary N) is 1. The Labute approximate surface area is 137 Å². The molecule has 1 heterocycles. The van der Waals surface area contributed by atoms with E-state index in [4.69, 9.17) is 25.6 Å². The number of hydrogen-bond acceptors (Lipinski definition) is 6. The van der Waals surface area contributed by atoms with Crippen LogP contribution in [0.3, 0.4) is 0 Å². The third-order valence-corrected chi connectivity index (χ3v) is 3.24. The summed E-state index contributed by atoms with van der Waals surface area (Å²) in [7, 11) is 1.47. The lowest BCUT2D eigenvalue weighted by atomic mass is 10.2. The minimum absolute atomic E-state index is 0.220. The molecule has 0 spiro atoms. The van der Waals surface area contributed by atoms with Gasteiger partial charge in [-0.1, -0.05) is 16.8 Å². The van der Waals surface area contributed by atoms with Crippen LogP contribution >= 0.6 is 11.6 Å². The third-order valence-electron chi connectivity index (χ3n) is 3.01. The van der Waals surface area contributed by atoms with Crippen LogP contribution in [0.25, 0.3) is 0 Å². The summed E-state index contributed by atoms with van der Waals surface area (Å²) in [6.45, 7) is 2.75. The summed E-state index contributed by atoms with van der Waals surface area (Å²) in [5, 5.41) is 6.66. The maximum atomic E-state index is 11.9. The molecule has 0 aliphatic carbocycles. The van der Waals surface area contributed by atoms with Crippen molar-refractivity contribution in [3.8, 4) is 5.75 Å². The summed E-state index contributed by atoms with van der Waals surface area (Å²) >= 11 is 5.88. The van der Waals surface area contributed by atoms with Gasteiger partial charge in [0.05, 0.1) is 18.5 Å². The van der Waals surface area contributed by atoms with Crippen LogP contribution in [-0.4, -0.2) is 30.7 Å². The highest BCUT2D eigenvalue weighted by molar-refractivity contribution is 6.31. The number of anilines is 1. The van der Waals surface area contributed by atoms with E-state index in [2.05, 4.69) is 10.5 Å². The van der Waals surface area contributed by atoms with Crippen molar-refractivity contribution in [1.82, 2.24) is 5.16 Å². The fraction of sp³-hybridized carbons (Fsp3) is 0.267. The molecule has 0 aliphatic rings. The minimum Gasteiger partial charge on any atom is -0.495 e. The number of carbonyl (C=O) groups is 2. The van der Waals surface area contributed by atoms with Crippen molar-refractivity contribution in [2.24, 2.45) is 0 Å². The zero-order chi connectivity index (χ0) is 17.0. The van der Waals surface area contributed by atoms with Crippen LogP contribution in [0.15, 0.2) is 22.7 Å². The molecule has 0 atom stereocenters. The van der Waals surface area contributed by atoms with Crippen molar-refractivity contribution in [3.05, 3.63) is 40.2 Å². The molecule has 0 fully saturated rings. The number of halogens is 1. The van der Waals surface area contributed by atoms with Crippen LogP contribution in [0, 0.1) is 13.8 Å². The van der Waals surface area contributed by atoms with Gasteiger partial charge in [0.15, 0.2) is 6.61 Å². The Balaban J connectivity index is 1.98. The molecule has 0 saturated heterocycles. The fourth-order valence-electron chi connectivity index (χ4n) is 1.94. The van der Waals surface area contributed by atoms with Crippen LogP contribution in [0.4, 0.5) is 5.69 Å². The molecule has 0 saturated carbocycles. The van der Waals surface area contributed by atoms with Gasteiger partial charge in [0.2, 0.25) is 0 Å². The smallest absolute Gasteiger partial charge is 0.344 e. The average Bonchev–Trinajstić information content (AvgIpc) is 2.84. The molecule has 1 amide bonds. The van der Waals surface area contributed by atoms with E-state index in [-0.39, 0.29) is 5.56 Å². The zero-order valence-electron chi connectivity index (χ0n) is 12.8. The van der Waals surface area contributed by atoms with E-state index in [1.165, 1.54) is 13.2 Å². The maximum absolute atomic E-state index is 11.9. The van der Waals surface area contributed by atoms with Crippen molar-refractivity contribution in [3.63, 3.8) is 0 Å². The standard InChI is InChI=1S/C15H15ClN2O5/c1-8-14(9(2)23-18-8)15(20)22-7-13(19)17-11-6-10(16)4-5-12(11)21-3/h4-6H,7H2,1-3H3,(H,17,19). The number of aryl methyl sites for hydroxylation is 2. The zero-order valence-corrected chi connectivity index (χ0v) is 13.6. The van der Waals surface area contributed by atoms with Crippen molar-refractivity contribution < 1.29 is 23.6 Å². The molecular weight excluding hydrogens is 324 g/mol. The predicted molar refractivity (Wildman–Crippen MR) is 82.9 cm³/mol. The van der Waals surface area contributed by atoms with Crippen LogP contribution in [-0.2, 0) is 9.53 Å². The van der Waals surface area contributed by atoms with Crippen LogP contribution in [0.5, 0.6) is 5.75 Å². The van der Waals surface area contributed by atoms with Gasteiger partial charge in [-0.25, -0.2) is 4.79 Å². The van der Waals surface area contributed by atoms with Gasteiger partial charge in [0, 0.05) is 5.02 Å². The molecule has 122 valence electrons. The second kappa shape index (κ2) is 7.15. The normalized spacial score (nSPS) is 10.3. The van der Waals surface area contributed by atoms with E-state index in [0.717, 1.165) is 0 Å². The van der Waals surface area contributed by atoms with Gasteiger partial charge in [-0.05, 0) is 32.0 Å². The molecule has 23 heavy (non-hydrogen) atoms. The minimum atomic E-state index is -0.672. The van der Waals surface area contributed by atoms with Crippen molar-refractivity contribution in [2.45, 2.75) is 13.8 Å². The first-order valence-corrected chi connectivity index (χ1v) is 7.03. The summed E-state index contributed by atoms with van der Waals surface area (Å²) in [5.74, 6) is -0.413. The maximum Gasteiger partial charge on any atom is 0.344 e. The summed E-state index contributed by atoms with van der Waals surface area (Å²) in [5.41, 5.74) is 1.01. The molecule has 1 N–H and O–H groups in total. The second-order valence-corrected chi connectivity index (χ2v) is 5.10. The molecular formula is C15H15ClN2O5. The summed E-state index contributed by atoms with van der Waals surface area (Å²) < 4.78 is 15.0. The van der Waals surface area contributed by atoms with Gasteiger partial charge < -0.3 is 19.3 Å². The molecule has 0 aliphatic heterocycles. The van der Waals surface area contributed by atoms with Crippen molar-refractivity contribution in [2.75, 3.05) is 19.0 Å². The summed E-state index contributed by atoms with van der Waals surface area (Å²) in [6, 6.07) is 4.79. The molecule has 1 aromatic heterocycles. The lowest BCUT2D eigenvalue weighted by Crippen LogP contribution is -2.21. The van der Waals surface area contributed by atoms with Gasteiger partial charge in [0.1, 0.15) is 17.1 Å². The molecule has 0 radical (unpaired) electrons. The highest BCUT2D eigenvalue weighted by atomic mass is 35.5. The molecule has 0 bridgehead atoms. The number of rotatable bonds is 5. The molecule has 8 heteroatoms. The van der Waals surface area contributed by atoms with Gasteiger partial charge in [0.25, 0.3) is 5.91 Å². The number of benzene rings is 1. The van der Waals surface area contributed by atoms with E-state index in [1.54, 1.807) is 26.0 Å². The highest BCUT2D eigenvalue weighted by Gasteiger charge is 2.20. The van der Waals surface area contributed by atoms with E-state index in [0.29, 0.717) is 27.9 Å². The fourth-order valence-corrected chi connectivity index (χ4v) is 2.11. The van der Waals surface area contributed by atoms with Gasteiger partial charge in [-0.2, -0.15) is 0 Å². The highest BCUT2D eigenvalue weighted by Crippen LogP contribution is 2.27. The van der Waals surface area contributed by atoms with E-state index in [9.17, 15) is 9.59 Å². The number of hydrogen-bond donors (Lipinski definition) is 1. The van der Waals surface area contributed by atoms with Crippen molar-refractivity contribution >= 4 is 29.2 Å². The van der Waals surface area contributed by atoms with Crippen molar-refractivity contribution in [1.29, 1.82) is 0 Å². The number of nitrogens with zero attached hydrogens (tertiary/aromatic N) is 1. The lowest BCUT2D eigenvalue weighted by molar-refractivity contribution is -0.119. The predicted octanol–water partition coefficient (Wildman–Crippen LogP) is 2.75. The Kier molecular flexibility index (Phi) is 5.23. The van der Waals surface area contributed by atoms with E-state index >= 15 is 0 Å². The number of ether oxygens (including phenoxy) is 2. The van der Waals surface area contributed by atoms with Crippen LogP contribution in [0.2, 0.25) is 5.02 Å². The quantitative estimate of drug-likeness (QED) is 0.843. The molecule has 7 nitrogen and oxygen atoms in total. The Morgan fingerprint density at radius 2 is 2.09 bits per heavy atom. The largest absolute Gasteiger partial charge is 0.495 e. The Hall–Kier alpha value is -2.54. The number of esters is 1. The van der Waals surface area contributed by atoms with Gasteiger partial charge in [-0.3, -0.25) is 4.79 Å². The van der Waals surface area contributed by atoms with Crippen LogP contribution < -0.4 is 10.1 Å². The lowest BCUT2D eigenvalue weighted by Gasteiger charge is -2.10. The van der Waals surface area contributed by atoms with Gasteiger partial charge in [-0.15, -0.1) is 0 Å². The first-order valence-electron chi connectivity index (χ1n) is 6.65. The van der Waals surface area contributed by atoms with Gasteiger partial charge >= 0.3 is 5.97 Å². The first kappa shape index (κ1) is 16.8. The number of methoxy groups -OCH3 is 1. The van der Waals surface area contributed by atoms with E-state index in [1.807, 2.05) is 0 Å². The number of amides is 1. The monoisotopic (exact) mass is 338 g/mol. The van der Waals surface area contributed by atoms with E-state index < -0.39 is 18.5 Å². The summed E-state index contributed by atoms with van der Waals surface area (Å²) in [6.07, 6.45) is 0. The molecule has 0 unspecified atom stereocenters. The Morgan fingerprint density at radius 3 is 2.70 bits per heavy atom. The molecule has 1 aromatic carbocycles. The SMILES string of the molecule is COc1ccc(Cl)cc1NC(=O)COC(=O)c1c(C)noc1C. The summed E-state index contributed by atoms with van der Waals surface area (Å²) in [4.78, 5) is 23.8. The second-order valence-electron chi connectivity index (χ2n) is 4.67. The topological polar surface area (TPSA) is 90.7 Å². The molecule has 2 aromatic rings. The Bertz CT molecular complexity index is 722. The average molecular weight is 339 g/mol. The van der Waals surface area contributed by atoms with Crippen LogP contribution in [0.1, 0.15) is 21.8 Å². The third kappa shape index (κ3) is 4.01. The first-order chi connectivity index (χ1) is 10.9. The Morgan fingerprint density at radius 1 is 1.35 bits per heavy atom. The molecule has 2 rings (SSSR count). The number of aromatic nitrogens is 1.